The SMILES string of the molecule is C=Nc1ccc(C(C)Cc2nn(-c3cnn(C)c3)ccc2=O)cc1/C=C\C.CC. The summed E-state index contributed by atoms with van der Waals surface area (Å²) >= 11 is 0. The zero-order valence-corrected chi connectivity index (χ0v) is 17.8. The number of aryl methyl sites for hydroxylation is 1. The van der Waals surface area contributed by atoms with Crippen LogP contribution in [0.1, 0.15) is 50.4 Å². The van der Waals surface area contributed by atoms with E-state index in [1.165, 1.54) is 0 Å². The number of aliphatic imine (C=N–C) groups is 1. The average Bonchev–Trinajstić information content (AvgIpc) is 3.17. The summed E-state index contributed by atoms with van der Waals surface area (Å²) in [5.41, 5.74) is 4.30. The summed E-state index contributed by atoms with van der Waals surface area (Å²) in [7, 11) is 1.85. The minimum absolute atomic E-state index is 0.0555. The second-order valence-corrected chi connectivity index (χ2v) is 6.52. The Kier molecular flexibility index (Phi) is 7.83. The molecule has 3 rings (SSSR count). The maximum Gasteiger partial charge on any atom is 0.203 e. The van der Waals surface area contributed by atoms with E-state index < -0.39 is 0 Å². The van der Waals surface area contributed by atoms with Crippen LogP contribution in [0.25, 0.3) is 11.8 Å². The van der Waals surface area contributed by atoms with Gasteiger partial charge in [0.15, 0.2) is 0 Å². The molecule has 0 saturated heterocycles. The zero-order valence-electron chi connectivity index (χ0n) is 17.8. The Morgan fingerprint density at radius 2 is 2.03 bits per heavy atom. The molecule has 0 aliphatic rings. The van der Waals surface area contributed by atoms with Crippen LogP contribution in [0.4, 0.5) is 5.69 Å². The van der Waals surface area contributed by atoms with Gasteiger partial charge in [0.05, 0.1) is 18.1 Å². The highest BCUT2D eigenvalue weighted by atomic mass is 16.1. The molecule has 0 amide bonds. The van der Waals surface area contributed by atoms with E-state index in [-0.39, 0.29) is 11.3 Å². The first-order valence-electron chi connectivity index (χ1n) is 9.83. The Balaban J connectivity index is 0.00000145. The fourth-order valence-corrected chi connectivity index (χ4v) is 3.00. The molecular weight excluding hydrogens is 362 g/mol. The van der Waals surface area contributed by atoms with Crippen LogP contribution in [0.2, 0.25) is 0 Å². The minimum Gasteiger partial charge on any atom is -0.288 e. The molecule has 2 heterocycles. The van der Waals surface area contributed by atoms with Crippen LogP contribution in [0.15, 0.2) is 58.7 Å². The molecular formula is C23H29N5O. The van der Waals surface area contributed by atoms with Gasteiger partial charge in [-0.2, -0.15) is 10.2 Å². The first-order chi connectivity index (χ1) is 14.0. The third-order valence-electron chi connectivity index (χ3n) is 4.47. The van der Waals surface area contributed by atoms with E-state index >= 15 is 0 Å². The molecule has 0 N–H and O–H groups in total. The predicted octanol–water partition coefficient (Wildman–Crippen LogP) is 4.70. The fraction of sp³-hybridized carbons (Fsp3) is 0.304. The van der Waals surface area contributed by atoms with E-state index in [1.807, 2.05) is 58.3 Å². The van der Waals surface area contributed by atoms with Gasteiger partial charge in [-0.15, -0.1) is 0 Å². The lowest BCUT2D eigenvalue weighted by Gasteiger charge is -2.14. The molecule has 6 heteroatoms. The van der Waals surface area contributed by atoms with Gasteiger partial charge in [0.1, 0.15) is 11.4 Å². The standard InChI is InChI=1S/C21H23N5O.C2H6/c1-5-6-17-12-16(7-8-19(17)22-3)15(2)11-20-21(27)9-10-26(24-20)18-13-23-25(4)14-18;1-2/h5-10,12-15H,3,11H2,1-2,4H3;1-2H3/b6-5-;. The number of benzene rings is 1. The number of aromatic nitrogens is 4. The Bertz CT molecular complexity index is 1050. The molecule has 3 aromatic rings. The smallest absolute Gasteiger partial charge is 0.203 e. The molecule has 0 aliphatic carbocycles. The molecule has 0 saturated carbocycles. The Morgan fingerprint density at radius 1 is 1.28 bits per heavy atom. The van der Waals surface area contributed by atoms with Crippen LogP contribution in [0.3, 0.4) is 0 Å². The van der Waals surface area contributed by atoms with Crippen molar-refractivity contribution in [1.29, 1.82) is 0 Å². The van der Waals surface area contributed by atoms with Crippen LogP contribution >= 0.6 is 0 Å². The highest BCUT2D eigenvalue weighted by Crippen LogP contribution is 2.27. The highest BCUT2D eigenvalue weighted by molar-refractivity contribution is 5.66. The first-order valence-corrected chi connectivity index (χ1v) is 9.83. The number of allylic oxidation sites excluding steroid dienone is 1. The molecule has 29 heavy (non-hydrogen) atoms. The quantitative estimate of drug-likeness (QED) is 0.572. The van der Waals surface area contributed by atoms with Crippen molar-refractivity contribution in [3.8, 4) is 5.69 Å². The fourth-order valence-electron chi connectivity index (χ4n) is 3.00. The van der Waals surface area contributed by atoms with E-state index in [9.17, 15) is 4.79 Å². The molecule has 2 aromatic heterocycles. The van der Waals surface area contributed by atoms with Crippen molar-refractivity contribution in [3.05, 3.63) is 76.0 Å². The highest BCUT2D eigenvalue weighted by Gasteiger charge is 2.13. The van der Waals surface area contributed by atoms with E-state index in [2.05, 4.69) is 34.9 Å². The topological polar surface area (TPSA) is 65.1 Å². The van der Waals surface area contributed by atoms with Gasteiger partial charge < -0.3 is 0 Å². The van der Waals surface area contributed by atoms with Gasteiger partial charge >= 0.3 is 0 Å². The monoisotopic (exact) mass is 391 g/mol. The molecule has 0 fully saturated rings. The number of hydrogen-bond donors (Lipinski definition) is 0. The summed E-state index contributed by atoms with van der Waals surface area (Å²) in [6.45, 7) is 11.7. The molecule has 0 spiro atoms. The van der Waals surface area contributed by atoms with Crippen molar-refractivity contribution < 1.29 is 0 Å². The summed E-state index contributed by atoms with van der Waals surface area (Å²) in [5, 5.41) is 8.68. The predicted molar refractivity (Wildman–Crippen MR) is 120 cm³/mol. The van der Waals surface area contributed by atoms with Crippen LogP contribution in [-0.2, 0) is 13.5 Å². The van der Waals surface area contributed by atoms with E-state index in [0.29, 0.717) is 12.1 Å². The van der Waals surface area contributed by atoms with Gasteiger partial charge in [-0.05, 0) is 37.3 Å². The van der Waals surface area contributed by atoms with Crippen molar-refractivity contribution in [2.24, 2.45) is 12.0 Å². The Hall–Kier alpha value is -3.28. The third kappa shape index (κ3) is 5.38. The third-order valence-corrected chi connectivity index (χ3v) is 4.47. The second-order valence-electron chi connectivity index (χ2n) is 6.52. The molecule has 1 atom stereocenters. The molecule has 0 bridgehead atoms. The van der Waals surface area contributed by atoms with Gasteiger partial charge in [0.2, 0.25) is 5.43 Å². The summed E-state index contributed by atoms with van der Waals surface area (Å²) in [6, 6.07) is 7.64. The molecule has 6 nitrogen and oxygen atoms in total. The van der Waals surface area contributed by atoms with Gasteiger partial charge in [-0.3, -0.25) is 14.5 Å². The molecule has 0 radical (unpaired) electrons. The molecule has 1 unspecified atom stereocenters. The average molecular weight is 392 g/mol. The van der Waals surface area contributed by atoms with E-state index in [1.54, 1.807) is 27.8 Å². The molecule has 0 aliphatic heterocycles. The first kappa shape index (κ1) is 22.0. The molecule has 152 valence electrons. The van der Waals surface area contributed by atoms with Gasteiger partial charge in [-0.25, -0.2) is 4.68 Å². The number of hydrogen-bond acceptors (Lipinski definition) is 4. The van der Waals surface area contributed by atoms with Gasteiger partial charge in [0.25, 0.3) is 0 Å². The van der Waals surface area contributed by atoms with Crippen molar-refractivity contribution in [2.75, 3.05) is 0 Å². The maximum absolute atomic E-state index is 12.3. The summed E-state index contributed by atoms with van der Waals surface area (Å²) in [4.78, 5) is 16.4. The van der Waals surface area contributed by atoms with Gasteiger partial charge in [-0.1, -0.05) is 39.0 Å². The summed E-state index contributed by atoms with van der Waals surface area (Å²) in [6.07, 6.45) is 9.78. The Morgan fingerprint density at radius 3 is 2.66 bits per heavy atom. The largest absolute Gasteiger partial charge is 0.288 e. The van der Waals surface area contributed by atoms with E-state index in [4.69, 9.17) is 0 Å². The van der Waals surface area contributed by atoms with Crippen molar-refractivity contribution in [2.45, 2.75) is 40.0 Å². The lowest BCUT2D eigenvalue weighted by Crippen LogP contribution is -2.17. The number of nitrogens with zero attached hydrogens (tertiary/aromatic N) is 5. The molecule has 1 aromatic carbocycles. The maximum atomic E-state index is 12.3. The summed E-state index contributed by atoms with van der Waals surface area (Å²) < 4.78 is 3.39. The second kappa shape index (κ2) is 10.3. The van der Waals surface area contributed by atoms with Crippen molar-refractivity contribution in [3.63, 3.8) is 0 Å². The van der Waals surface area contributed by atoms with Crippen molar-refractivity contribution in [1.82, 2.24) is 19.6 Å². The zero-order chi connectivity index (χ0) is 21.4. The van der Waals surface area contributed by atoms with Crippen LogP contribution in [0.5, 0.6) is 0 Å². The Labute approximate surface area is 172 Å². The van der Waals surface area contributed by atoms with Crippen LogP contribution in [-0.4, -0.2) is 26.3 Å². The lowest BCUT2D eigenvalue weighted by atomic mass is 9.94. The normalized spacial score (nSPS) is 11.8. The van der Waals surface area contributed by atoms with Crippen LogP contribution in [0, 0.1) is 0 Å². The van der Waals surface area contributed by atoms with Crippen LogP contribution < -0.4 is 5.43 Å². The van der Waals surface area contributed by atoms with Crippen molar-refractivity contribution >= 4 is 18.5 Å². The van der Waals surface area contributed by atoms with E-state index in [0.717, 1.165) is 22.5 Å². The lowest BCUT2D eigenvalue weighted by molar-refractivity contribution is 0.693. The van der Waals surface area contributed by atoms with Gasteiger partial charge in [0, 0.05) is 31.3 Å². The minimum atomic E-state index is -0.0555. The number of rotatable bonds is 6. The summed E-state index contributed by atoms with van der Waals surface area (Å²) in [5.74, 6) is 0.137.